The molecule has 1 saturated heterocycles. The van der Waals surface area contributed by atoms with Gasteiger partial charge in [0.05, 0.1) is 24.5 Å². The molecule has 1 aromatic rings. The Morgan fingerprint density at radius 1 is 1.63 bits per heavy atom. The van der Waals surface area contributed by atoms with E-state index in [1.165, 1.54) is 0 Å². The Morgan fingerprint density at radius 2 is 2.37 bits per heavy atom. The molecular formula is C13H21N3O3. The monoisotopic (exact) mass is 267 g/mol. The van der Waals surface area contributed by atoms with Crippen LogP contribution in [0.2, 0.25) is 0 Å². The number of hydrogen-bond donors (Lipinski definition) is 2. The maximum absolute atomic E-state index is 12.1. The molecule has 0 aliphatic carbocycles. The molecule has 106 valence electrons. The second-order valence-electron chi connectivity index (χ2n) is 5.78. The number of carbonyl (C=O) groups is 1. The fraction of sp³-hybridized carbons (Fsp3) is 0.692. The van der Waals surface area contributed by atoms with Crippen molar-refractivity contribution in [2.45, 2.75) is 51.9 Å². The molecule has 1 aromatic heterocycles. The van der Waals surface area contributed by atoms with Gasteiger partial charge in [0, 0.05) is 6.54 Å². The lowest BCUT2D eigenvalue weighted by Crippen LogP contribution is -2.36. The molecule has 0 aromatic carbocycles. The number of ether oxygens (including phenoxy) is 1. The summed E-state index contributed by atoms with van der Waals surface area (Å²) in [6.45, 7) is 6.16. The van der Waals surface area contributed by atoms with Gasteiger partial charge in [0.15, 0.2) is 0 Å². The number of hydrogen-bond acceptors (Lipinski definition) is 4. The summed E-state index contributed by atoms with van der Waals surface area (Å²) in [5.41, 5.74) is 0.162. The van der Waals surface area contributed by atoms with E-state index in [0.717, 1.165) is 12.8 Å². The van der Waals surface area contributed by atoms with E-state index in [9.17, 15) is 4.79 Å². The normalized spacial score (nSPS) is 19.8. The van der Waals surface area contributed by atoms with Gasteiger partial charge in [0.25, 0.3) is 0 Å². The van der Waals surface area contributed by atoms with Crippen LogP contribution in [0.15, 0.2) is 6.20 Å². The molecule has 6 heteroatoms. The summed E-state index contributed by atoms with van der Waals surface area (Å²) in [6, 6.07) is -0.0878. The Kier molecular flexibility index (Phi) is 3.80. The van der Waals surface area contributed by atoms with Crippen molar-refractivity contribution in [2.24, 2.45) is 0 Å². The van der Waals surface area contributed by atoms with Crippen LogP contribution in [0.25, 0.3) is 0 Å². The van der Waals surface area contributed by atoms with E-state index in [-0.39, 0.29) is 18.7 Å². The molecule has 0 radical (unpaired) electrons. The van der Waals surface area contributed by atoms with E-state index >= 15 is 0 Å². The van der Waals surface area contributed by atoms with Crippen molar-refractivity contribution >= 4 is 6.09 Å². The number of likely N-dealkylation sites (tertiary alicyclic amines) is 1. The van der Waals surface area contributed by atoms with Gasteiger partial charge in [0.2, 0.25) is 0 Å². The van der Waals surface area contributed by atoms with Gasteiger partial charge in [-0.1, -0.05) is 0 Å². The molecule has 19 heavy (non-hydrogen) atoms. The fourth-order valence-corrected chi connectivity index (χ4v) is 2.22. The average Bonchev–Trinajstić information content (AvgIpc) is 2.95. The van der Waals surface area contributed by atoms with E-state index in [1.807, 2.05) is 20.8 Å². The summed E-state index contributed by atoms with van der Waals surface area (Å²) in [5.74, 6) is 0.715. The molecule has 1 atom stereocenters. The Morgan fingerprint density at radius 3 is 2.95 bits per heavy atom. The lowest BCUT2D eigenvalue weighted by molar-refractivity contribution is 0.0218. The number of amides is 1. The zero-order valence-corrected chi connectivity index (χ0v) is 11.6. The maximum Gasteiger partial charge on any atom is 0.410 e. The minimum Gasteiger partial charge on any atom is -0.444 e. The van der Waals surface area contributed by atoms with Gasteiger partial charge in [0.1, 0.15) is 11.4 Å². The van der Waals surface area contributed by atoms with Crippen LogP contribution in [-0.2, 0) is 11.3 Å². The summed E-state index contributed by atoms with van der Waals surface area (Å²) < 4.78 is 5.40. The van der Waals surface area contributed by atoms with Crippen molar-refractivity contribution in [3.8, 4) is 0 Å². The fourth-order valence-electron chi connectivity index (χ4n) is 2.22. The van der Waals surface area contributed by atoms with Crippen molar-refractivity contribution in [1.29, 1.82) is 0 Å². The number of aromatic nitrogens is 2. The highest BCUT2D eigenvalue weighted by Crippen LogP contribution is 2.31. The van der Waals surface area contributed by atoms with Crippen LogP contribution in [0, 0.1) is 0 Å². The molecule has 1 aliphatic heterocycles. The molecule has 2 rings (SSSR count). The largest absolute Gasteiger partial charge is 0.444 e. The van der Waals surface area contributed by atoms with Crippen molar-refractivity contribution in [1.82, 2.24) is 14.9 Å². The Hall–Kier alpha value is -1.56. The van der Waals surface area contributed by atoms with Crippen LogP contribution in [0.1, 0.15) is 51.2 Å². The number of carbonyl (C=O) groups excluding carboxylic acids is 1. The Labute approximate surface area is 112 Å². The number of aromatic amines is 1. The van der Waals surface area contributed by atoms with Crippen LogP contribution in [0.5, 0.6) is 0 Å². The molecule has 1 fully saturated rings. The maximum atomic E-state index is 12.1. The van der Waals surface area contributed by atoms with Crippen molar-refractivity contribution in [3.05, 3.63) is 17.7 Å². The highest BCUT2D eigenvalue weighted by Gasteiger charge is 2.34. The first-order valence-electron chi connectivity index (χ1n) is 6.55. The summed E-state index contributed by atoms with van der Waals surface area (Å²) in [4.78, 5) is 21.1. The SMILES string of the molecule is CC(C)(C)OC(=O)N1CCCC1c1ncc(CO)[nH]1. The number of imidazole rings is 1. The van der Waals surface area contributed by atoms with Gasteiger partial charge in [-0.15, -0.1) is 0 Å². The quantitative estimate of drug-likeness (QED) is 0.858. The molecule has 2 N–H and O–H groups in total. The summed E-state index contributed by atoms with van der Waals surface area (Å²) >= 11 is 0. The van der Waals surface area contributed by atoms with Crippen LogP contribution >= 0.6 is 0 Å². The first-order valence-corrected chi connectivity index (χ1v) is 6.55. The highest BCUT2D eigenvalue weighted by molar-refractivity contribution is 5.69. The second kappa shape index (κ2) is 5.21. The van der Waals surface area contributed by atoms with Crippen molar-refractivity contribution in [2.75, 3.05) is 6.54 Å². The molecule has 6 nitrogen and oxygen atoms in total. The Bertz CT molecular complexity index is 450. The van der Waals surface area contributed by atoms with Crippen LogP contribution in [0.4, 0.5) is 4.79 Å². The zero-order valence-electron chi connectivity index (χ0n) is 11.6. The molecular weight excluding hydrogens is 246 g/mol. The third-order valence-electron chi connectivity index (χ3n) is 3.01. The number of rotatable bonds is 2. The molecule has 1 unspecified atom stereocenters. The number of nitrogens with one attached hydrogen (secondary N) is 1. The third kappa shape index (κ3) is 3.26. The lowest BCUT2D eigenvalue weighted by atomic mass is 10.2. The topological polar surface area (TPSA) is 78.4 Å². The predicted octanol–water partition coefficient (Wildman–Crippen LogP) is 1.97. The molecule has 0 bridgehead atoms. The third-order valence-corrected chi connectivity index (χ3v) is 3.01. The van der Waals surface area contributed by atoms with E-state index in [1.54, 1.807) is 11.1 Å². The standard InChI is InChI=1S/C13H21N3O3/c1-13(2,3)19-12(18)16-6-4-5-10(16)11-14-7-9(8-17)15-11/h7,10,17H,4-6,8H2,1-3H3,(H,14,15). The van der Waals surface area contributed by atoms with Gasteiger partial charge in [-0.05, 0) is 33.6 Å². The molecule has 1 amide bonds. The number of aliphatic hydroxyl groups excluding tert-OH is 1. The lowest BCUT2D eigenvalue weighted by Gasteiger charge is -2.27. The van der Waals surface area contributed by atoms with Crippen molar-refractivity contribution < 1.29 is 14.6 Å². The van der Waals surface area contributed by atoms with Gasteiger partial charge in [-0.3, -0.25) is 4.90 Å². The number of nitrogens with zero attached hydrogens (tertiary/aromatic N) is 2. The average molecular weight is 267 g/mol. The molecule has 0 spiro atoms. The molecule has 2 heterocycles. The Balaban J connectivity index is 2.10. The molecule has 1 aliphatic rings. The van der Waals surface area contributed by atoms with E-state index in [4.69, 9.17) is 9.84 Å². The van der Waals surface area contributed by atoms with Gasteiger partial charge in [-0.25, -0.2) is 9.78 Å². The van der Waals surface area contributed by atoms with Gasteiger partial charge in [-0.2, -0.15) is 0 Å². The van der Waals surface area contributed by atoms with E-state index < -0.39 is 5.60 Å². The minimum absolute atomic E-state index is 0.0772. The van der Waals surface area contributed by atoms with Crippen LogP contribution in [-0.4, -0.2) is 38.2 Å². The molecule has 0 saturated carbocycles. The van der Waals surface area contributed by atoms with Crippen LogP contribution in [0.3, 0.4) is 0 Å². The minimum atomic E-state index is -0.496. The summed E-state index contributed by atoms with van der Waals surface area (Å²) in [5, 5.41) is 9.05. The first kappa shape index (κ1) is 13.9. The van der Waals surface area contributed by atoms with E-state index in [2.05, 4.69) is 9.97 Å². The zero-order chi connectivity index (χ0) is 14.0. The summed E-state index contributed by atoms with van der Waals surface area (Å²) in [7, 11) is 0. The predicted molar refractivity (Wildman–Crippen MR) is 69.4 cm³/mol. The van der Waals surface area contributed by atoms with Crippen molar-refractivity contribution in [3.63, 3.8) is 0 Å². The van der Waals surface area contributed by atoms with Crippen LogP contribution < -0.4 is 0 Å². The highest BCUT2D eigenvalue weighted by atomic mass is 16.6. The smallest absolute Gasteiger partial charge is 0.410 e. The summed E-state index contributed by atoms with van der Waals surface area (Å²) in [6.07, 6.45) is 3.08. The van der Waals surface area contributed by atoms with Gasteiger partial charge >= 0.3 is 6.09 Å². The number of H-pyrrole nitrogens is 1. The second-order valence-corrected chi connectivity index (χ2v) is 5.78. The number of aliphatic hydroxyl groups is 1. The van der Waals surface area contributed by atoms with Gasteiger partial charge < -0.3 is 14.8 Å². The van der Waals surface area contributed by atoms with E-state index in [0.29, 0.717) is 18.1 Å². The first-order chi connectivity index (χ1) is 8.90.